The normalized spacial score (nSPS) is 23.1. The van der Waals surface area contributed by atoms with Crippen LogP contribution in [0.15, 0.2) is 91.0 Å². The molecule has 2 unspecified atom stereocenters. The van der Waals surface area contributed by atoms with Crippen molar-refractivity contribution in [2.75, 3.05) is 6.61 Å². The van der Waals surface area contributed by atoms with Gasteiger partial charge in [-0.3, -0.25) is 0 Å². The number of rotatable bonds is 10. The first-order chi connectivity index (χ1) is 15.3. The van der Waals surface area contributed by atoms with Crippen molar-refractivity contribution < 1.29 is 24.1 Å². The van der Waals surface area contributed by atoms with Gasteiger partial charge in [-0.2, -0.15) is 0 Å². The predicted molar refractivity (Wildman–Crippen MR) is 117 cm³/mol. The Hall–Kier alpha value is -2.54. The van der Waals surface area contributed by atoms with Crippen LogP contribution in [0.1, 0.15) is 16.7 Å². The maximum absolute atomic E-state index is 10.5. The molecule has 0 radical (unpaired) electrons. The summed E-state index contributed by atoms with van der Waals surface area (Å²) in [7, 11) is 0. The summed E-state index contributed by atoms with van der Waals surface area (Å²) < 4.78 is 23.9. The van der Waals surface area contributed by atoms with Crippen molar-refractivity contribution in [2.45, 2.75) is 44.4 Å². The second-order valence-corrected chi connectivity index (χ2v) is 7.59. The van der Waals surface area contributed by atoms with Gasteiger partial charge < -0.3 is 24.1 Å². The third-order valence-electron chi connectivity index (χ3n) is 5.25. The zero-order valence-corrected chi connectivity index (χ0v) is 17.4. The van der Waals surface area contributed by atoms with Gasteiger partial charge in [0, 0.05) is 0 Å². The summed E-state index contributed by atoms with van der Waals surface area (Å²) in [6, 6.07) is 29.8. The van der Waals surface area contributed by atoms with Crippen molar-refractivity contribution in [1.82, 2.24) is 0 Å². The van der Waals surface area contributed by atoms with E-state index in [4.69, 9.17) is 18.9 Å². The van der Waals surface area contributed by atoms with Gasteiger partial charge in [0.25, 0.3) is 0 Å². The molecule has 4 atom stereocenters. The fourth-order valence-electron chi connectivity index (χ4n) is 3.62. The van der Waals surface area contributed by atoms with Crippen LogP contribution in [-0.4, -0.2) is 36.3 Å². The van der Waals surface area contributed by atoms with Crippen LogP contribution in [-0.2, 0) is 38.8 Å². The topological polar surface area (TPSA) is 57.2 Å². The Labute approximate surface area is 183 Å². The zero-order valence-electron chi connectivity index (χ0n) is 17.4. The van der Waals surface area contributed by atoms with Crippen molar-refractivity contribution in [3.63, 3.8) is 0 Å². The van der Waals surface area contributed by atoms with E-state index < -0.39 is 24.6 Å². The molecule has 0 aliphatic carbocycles. The molecule has 0 spiro atoms. The minimum Gasteiger partial charge on any atom is -0.374 e. The molecule has 0 amide bonds. The Balaban J connectivity index is 1.39. The van der Waals surface area contributed by atoms with E-state index >= 15 is 0 Å². The fraction of sp³-hybridized carbons (Fsp3) is 0.308. The van der Waals surface area contributed by atoms with E-state index in [1.807, 2.05) is 91.0 Å². The zero-order chi connectivity index (χ0) is 21.3. The molecule has 4 rings (SSSR count). The van der Waals surface area contributed by atoms with E-state index in [9.17, 15) is 5.11 Å². The van der Waals surface area contributed by atoms with Crippen molar-refractivity contribution >= 4 is 0 Å². The highest BCUT2D eigenvalue weighted by Gasteiger charge is 2.45. The first-order valence-electron chi connectivity index (χ1n) is 10.6. The maximum Gasteiger partial charge on any atom is 0.184 e. The second kappa shape index (κ2) is 11.2. The highest BCUT2D eigenvalue weighted by atomic mass is 16.7. The lowest BCUT2D eigenvalue weighted by Crippen LogP contribution is -2.39. The SMILES string of the molecule is OC1O[C@@H](COCc2ccccc2)[C@H](OCc2ccccc2)C1OCc1ccccc1. The molecule has 31 heavy (non-hydrogen) atoms. The van der Waals surface area contributed by atoms with Crippen molar-refractivity contribution in [2.24, 2.45) is 0 Å². The lowest BCUT2D eigenvalue weighted by Gasteiger charge is -2.24. The van der Waals surface area contributed by atoms with Crippen LogP contribution in [0, 0.1) is 0 Å². The van der Waals surface area contributed by atoms with E-state index in [1.54, 1.807) is 0 Å². The van der Waals surface area contributed by atoms with E-state index in [1.165, 1.54) is 0 Å². The van der Waals surface area contributed by atoms with Crippen molar-refractivity contribution in [3.8, 4) is 0 Å². The van der Waals surface area contributed by atoms with Gasteiger partial charge in [-0.05, 0) is 16.7 Å². The average molecular weight is 421 g/mol. The van der Waals surface area contributed by atoms with Gasteiger partial charge >= 0.3 is 0 Å². The summed E-state index contributed by atoms with van der Waals surface area (Å²) in [4.78, 5) is 0. The summed E-state index contributed by atoms with van der Waals surface area (Å²) in [5.41, 5.74) is 3.16. The van der Waals surface area contributed by atoms with Gasteiger partial charge in [-0.1, -0.05) is 91.0 Å². The number of benzene rings is 3. The minimum atomic E-state index is -1.07. The molecule has 3 aromatic rings. The fourth-order valence-corrected chi connectivity index (χ4v) is 3.62. The molecular formula is C26H28O5. The summed E-state index contributed by atoms with van der Waals surface area (Å²) in [6.07, 6.45) is -2.55. The number of ether oxygens (including phenoxy) is 4. The number of aliphatic hydroxyl groups excluding tert-OH is 1. The second-order valence-electron chi connectivity index (χ2n) is 7.59. The first-order valence-corrected chi connectivity index (χ1v) is 10.6. The minimum absolute atomic E-state index is 0.302. The Kier molecular flexibility index (Phi) is 7.82. The monoisotopic (exact) mass is 420 g/mol. The van der Waals surface area contributed by atoms with Gasteiger partial charge in [0.1, 0.15) is 18.3 Å². The van der Waals surface area contributed by atoms with E-state index in [-0.39, 0.29) is 0 Å². The Bertz CT molecular complexity index is 887. The molecule has 162 valence electrons. The van der Waals surface area contributed by atoms with E-state index in [2.05, 4.69) is 0 Å². The van der Waals surface area contributed by atoms with Crippen LogP contribution in [0.5, 0.6) is 0 Å². The van der Waals surface area contributed by atoms with Crippen LogP contribution in [0.4, 0.5) is 0 Å². The van der Waals surface area contributed by atoms with Gasteiger partial charge in [-0.25, -0.2) is 0 Å². The molecule has 5 heteroatoms. The van der Waals surface area contributed by atoms with Crippen LogP contribution in [0.2, 0.25) is 0 Å². The smallest absolute Gasteiger partial charge is 0.184 e. The van der Waals surface area contributed by atoms with Crippen molar-refractivity contribution in [1.29, 1.82) is 0 Å². The quantitative estimate of drug-likeness (QED) is 0.535. The molecule has 3 aromatic carbocycles. The summed E-state index contributed by atoms with van der Waals surface area (Å²) >= 11 is 0. The van der Waals surface area contributed by atoms with Crippen LogP contribution >= 0.6 is 0 Å². The molecule has 5 nitrogen and oxygen atoms in total. The molecule has 1 aliphatic heterocycles. The molecule has 1 N–H and O–H groups in total. The van der Waals surface area contributed by atoms with Gasteiger partial charge in [-0.15, -0.1) is 0 Å². The highest BCUT2D eigenvalue weighted by molar-refractivity contribution is 5.15. The molecular weight excluding hydrogens is 392 g/mol. The molecule has 1 aliphatic rings. The first kappa shape index (κ1) is 21.7. The summed E-state index contributed by atoms with van der Waals surface area (Å²) in [6.45, 7) is 1.55. The molecule has 0 bridgehead atoms. The van der Waals surface area contributed by atoms with Gasteiger partial charge in [0.05, 0.1) is 26.4 Å². The lowest BCUT2D eigenvalue weighted by molar-refractivity contribution is -0.153. The average Bonchev–Trinajstić information content (AvgIpc) is 3.12. The maximum atomic E-state index is 10.5. The number of aliphatic hydroxyl groups is 1. The summed E-state index contributed by atoms with van der Waals surface area (Å²) in [5.74, 6) is 0. The summed E-state index contributed by atoms with van der Waals surface area (Å²) in [5, 5.41) is 10.5. The number of hydrogen-bond donors (Lipinski definition) is 1. The number of hydrogen-bond acceptors (Lipinski definition) is 5. The van der Waals surface area contributed by atoms with Gasteiger partial charge in [0.15, 0.2) is 6.29 Å². The highest BCUT2D eigenvalue weighted by Crippen LogP contribution is 2.28. The third-order valence-corrected chi connectivity index (χ3v) is 5.25. The largest absolute Gasteiger partial charge is 0.374 e. The molecule has 1 heterocycles. The van der Waals surface area contributed by atoms with E-state index in [0.717, 1.165) is 16.7 Å². The van der Waals surface area contributed by atoms with Crippen LogP contribution in [0.3, 0.4) is 0 Å². The van der Waals surface area contributed by atoms with Gasteiger partial charge in [0.2, 0.25) is 0 Å². The van der Waals surface area contributed by atoms with Crippen LogP contribution < -0.4 is 0 Å². The molecule has 1 fully saturated rings. The lowest BCUT2D eigenvalue weighted by atomic mass is 10.1. The molecule has 0 saturated carbocycles. The standard InChI is InChI=1S/C26H28O5/c27-26-25(30-18-22-14-8-3-9-15-22)24(29-17-21-12-6-2-7-13-21)23(31-26)19-28-16-20-10-4-1-5-11-20/h1-15,23-27H,16-19H2/t23-,24-,25?,26?/m0/s1. The third kappa shape index (κ3) is 6.23. The van der Waals surface area contributed by atoms with Crippen LogP contribution in [0.25, 0.3) is 0 Å². The van der Waals surface area contributed by atoms with Crippen molar-refractivity contribution in [3.05, 3.63) is 108 Å². The Morgan fingerprint density at radius 2 is 1.06 bits per heavy atom. The molecule has 1 saturated heterocycles. The Morgan fingerprint density at radius 1 is 0.613 bits per heavy atom. The molecule has 0 aromatic heterocycles. The predicted octanol–water partition coefficient (Wildman–Crippen LogP) is 4.09. The Morgan fingerprint density at radius 3 is 1.58 bits per heavy atom. The van der Waals surface area contributed by atoms with E-state index in [0.29, 0.717) is 26.4 Å².